The molecule has 0 saturated heterocycles. The fourth-order valence-electron chi connectivity index (χ4n) is 7.39. The molecule has 0 spiro atoms. The summed E-state index contributed by atoms with van der Waals surface area (Å²) in [4.78, 5) is 0. The van der Waals surface area contributed by atoms with Crippen molar-refractivity contribution in [2.24, 2.45) is 0 Å². The number of hydrogen-bond acceptors (Lipinski definition) is 3. The molecule has 0 saturated carbocycles. The van der Waals surface area contributed by atoms with Crippen molar-refractivity contribution in [1.29, 1.82) is 15.8 Å². The van der Waals surface area contributed by atoms with Crippen LogP contribution in [0.1, 0.15) is 16.7 Å². The molecule has 9 aromatic rings. The topological polar surface area (TPSA) is 81.2 Å². The molecule has 0 amide bonds. The van der Waals surface area contributed by atoms with E-state index in [1.165, 1.54) is 0 Å². The van der Waals surface area contributed by atoms with Gasteiger partial charge in [0, 0.05) is 32.8 Å². The molecule has 7 aromatic carbocycles. The van der Waals surface area contributed by atoms with Crippen LogP contribution in [0.25, 0.3) is 77.2 Å². The predicted octanol–water partition coefficient (Wildman–Crippen LogP) is 10.8. The lowest BCUT2D eigenvalue weighted by Gasteiger charge is -2.17. The minimum Gasteiger partial charge on any atom is -0.309 e. The van der Waals surface area contributed by atoms with Gasteiger partial charge < -0.3 is 9.13 Å². The van der Waals surface area contributed by atoms with Crippen LogP contribution in [0.5, 0.6) is 0 Å². The first kappa shape index (κ1) is 28.8. The van der Waals surface area contributed by atoms with E-state index < -0.39 is 0 Å². The molecule has 0 aliphatic heterocycles. The highest BCUT2D eigenvalue weighted by molar-refractivity contribution is 6.11. The van der Waals surface area contributed by atoms with Gasteiger partial charge in [0.1, 0.15) is 0 Å². The molecule has 0 bridgehead atoms. The van der Waals surface area contributed by atoms with E-state index in [1.54, 1.807) is 0 Å². The average molecular weight is 636 g/mol. The number of hydrogen-bond donors (Lipinski definition) is 0. The fourth-order valence-corrected chi connectivity index (χ4v) is 7.39. The number of fused-ring (bicyclic) bond motifs is 6. The number of nitrogens with zero attached hydrogens (tertiary/aromatic N) is 5. The van der Waals surface area contributed by atoms with Crippen molar-refractivity contribution >= 4 is 43.6 Å². The first-order valence-corrected chi connectivity index (χ1v) is 16.3. The van der Waals surface area contributed by atoms with E-state index in [4.69, 9.17) is 0 Å². The molecule has 2 aromatic heterocycles. The molecule has 5 heteroatoms. The second-order valence-corrected chi connectivity index (χ2v) is 12.3. The van der Waals surface area contributed by atoms with Gasteiger partial charge in [0.25, 0.3) is 0 Å². The van der Waals surface area contributed by atoms with Crippen LogP contribution in [0.4, 0.5) is 0 Å². The lowest BCUT2D eigenvalue weighted by atomic mass is 9.92. The van der Waals surface area contributed by atoms with E-state index in [-0.39, 0.29) is 0 Å². The van der Waals surface area contributed by atoms with Gasteiger partial charge in [0.15, 0.2) is 0 Å². The molecule has 0 N–H and O–H groups in total. The predicted molar refractivity (Wildman–Crippen MR) is 200 cm³/mol. The van der Waals surface area contributed by atoms with Gasteiger partial charge in [-0.3, -0.25) is 0 Å². The zero-order chi connectivity index (χ0) is 33.8. The highest BCUT2D eigenvalue weighted by atomic mass is 15.0. The van der Waals surface area contributed by atoms with Crippen molar-refractivity contribution in [2.45, 2.75) is 0 Å². The Balaban J connectivity index is 1.24. The van der Waals surface area contributed by atoms with Crippen LogP contribution in [-0.2, 0) is 0 Å². The summed E-state index contributed by atoms with van der Waals surface area (Å²) in [6, 6.07) is 57.9. The normalized spacial score (nSPS) is 11.1. The van der Waals surface area contributed by atoms with E-state index in [9.17, 15) is 15.8 Å². The van der Waals surface area contributed by atoms with Gasteiger partial charge in [-0.1, -0.05) is 78.9 Å². The van der Waals surface area contributed by atoms with Crippen molar-refractivity contribution in [3.05, 3.63) is 168 Å². The van der Waals surface area contributed by atoms with Crippen molar-refractivity contribution in [1.82, 2.24) is 9.13 Å². The van der Waals surface area contributed by atoms with Crippen LogP contribution in [0, 0.1) is 34.0 Å². The number of para-hydroxylation sites is 3. The maximum Gasteiger partial charge on any atom is 0.0992 e. The van der Waals surface area contributed by atoms with E-state index in [2.05, 4.69) is 88.0 Å². The van der Waals surface area contributed by atoms with Crippen molar-refractivity contribution in [3.63, 3.8) is 0 Å². The fraction of sp³-hybridized carbons (Fsp3) is 0. The molecule has 0 atom stereocenters. The molecule has 9 rings (SSSR count). The summed E-state index contributed by atoms with van der Waals surface area (Å²) < 4.78 is 4.47. The molecular weight excluding hydrogens is 611 g/mol. The zero-order valence-corrected chi connectivity index (χ0v) is 26.7. The number of aromatic nitrogens is 2. The lowest BCUT2D eigenvalue weighted by Crippen LogP contribution is -1.99. The molecule has 0 fully saturated rings. The summed E-state index contributed by atoms with van der Waals surface area (Å²) in [5.74, 6) is 0. The minimum atomic E-state index is 0.580. The molecule has 50 heavy (non-hydrogen) atoms. The highest BCUT2D eigenvalue weighted by Crippen LogP contribution is 2.41. The summed E-state index contributed by atoms with van der Waals surface area (Å²) in [6.07, 6.45) is 0. The second-order valence-electron chi connectivity index (χ2n) is 12.3. The number of rotatable bonds is 4. The molecule has 0 aliphatic carbocycles. The standard InChI is InChI=1S/C45H25N5/c46-26-29-13-20-34(35-7-1-5-11-42(35)50-43-12-6-2-8-36(43)38-21-14-31(28-48)25-45(38)50)39(23-29)32-16-18-33(19-17-32)49-41-10-4-3-9-37(41)40-24-30(27-47)15-22-44(40)49/h1-25H. The van der Waals surface area contributed by atoms with Crippen LogP contribution in [-0.4, -0.2) is 9.13 Å². The van der Waals surface area contributed by atoms with Gasteiger partial charge in [-0.05, 0) is 89.5 Å². The van der Waals surface area contributed by atoms with Crippen LogP contribution in [0.15, 0.2) is 152 Å². The molecule has 2 heterocycles. The summed E-state index contributed by atoms with van der Waals surface area (Å²) >= 11 is 0. The lowest BCUT2D eigenvalue weighted by molar-refractivity contribution is 1.18. The molecule has 5 nitrogen and oxygen atoms in total. The van der Waals surface area contributed by atoms with Gasteiger partial charge in [-0.15, -0.1) is 0 Å². The Morgan fingerprint density at radius 2 is 0.920 bits per heavy atom. The van der Waals surface area contributed by atoms with Crippen LogP contribution >= 0.6 is 0 Å². The van der Waals surface area contributed by atoms with Gasteiger partial charge in [-0.2, -0.15) is 15.8 Å². The van der Waals surface area contributed by atoms with E-state index in [0.717, 1.165) is 77.2 Å². The van der Waals surface area contributed by atoms with Crippen molar-refractivity contribution in [2.75, 3.05) is 0 Å². The number of benzene rings is 7. The summed E-state index contributed by atoms with van der Waals surface area (Å²) in [6.45, 7) is 0. The van der Waals surface area contributed by atoms with Crippen LogP contribution < -0.4 is 0 Å². The van der Waals surface area contributed by atoms with E-state index in [1.807, 2.05) is 91.0 Å². The third-order valence-corrected chi connectivity index (χ3v) is 9.62. The summed E-state index contributed by atoms with van der Waals surface area (Å²) in [5, 5.41) is 33.7. The molecular formula is C45H25N5. The highest BCUT2D eigenvalue weighted by Gasteiger charge is 2.19. The molecule has 0 aliphatic rings. The maximum atomic E-state index is 9.97. The molecule has 230 valence electrons. The quantitative estimate of drug-likeness (QED) is 0.193. The Bertz CT molecular complexity index is 2960. The number of nitriles is 3. The van der Waals surface area contributed by atoms with Crippen molar-refractivity contribution < 1.29 is 0 Å². The SMILES string of the molecule is N#Cc1ccc(-c2ccccc2-n2c3ccccc3c3ccc(C#N)cc32)c(-c2ccc(-n3c4ccccc4c4cc(C#N)ccc43)cc2)c1. The molecule has 0 unspecified atom stereocenters. The third kappa shape index (κ3) is 4.38. The first-order valence-electron chi connectivity index (χ1n) is 16.3. The average Bonchev–Trinajstić information content (AvgIpc) is 3.69. The second kappa shape index (κ2) is 11.4. The van der Waals surface area contributed by atoms with E-state index in [0.29, 0.717) is 16.7 Å². The Labute approximate surface area is 287 Å². The summed E-state index contributed by atoms with van der Waals surface area (Å²) in [5.41, 5.74) is 11.9. The smallest absolute Gasteiger partial charge is 0.0992 e. The molecule has 0 radical (unpaired) electrons. The Morgan fingerprint density at radius 1 is 0.360 bits per heavy atom. The van der Waals surface area contributed by atoms with E-state index >= 15 is 0 Å². The zero-order valence-electron chi connectivity index (χ0n) is 26.7. The minimum absolute atomic E-state index is 0.580. The van der Waals surface area contributed by atoms with Gasteiger partial charge in [-0.25, -0.2) is 0 Å². The Kier molecular flexibility index (Phi) is 6.56. The van der Waals surface area contributed by atoms with Gasteiger partial charge in [0.2, 0.25) is 0 Å². The van der Waals surface area contributed by atoms with Gasteiger partial charge in [0.05, 0.1) is 62.7 Å². The summed E-state index contributed by atoms with van der Waals surface area (Å²) in [7, 11) is 0. The monoisotopic (exact) mass is 635 g/mol. The van der Waals surface area contributed by atoms with Crippen molar-refractivity contribution in [3.8, 4) is 51.8 Å². The van der Waals surface area contributed by atoms with Gasteiger partial charge >= 0.3 is 0 Å². The Morgan fingerprint density at radius 3 is 1.68 bits per heavy atom. The maximum absolute atomic E-state index is 9.97. The largest absolute Gasteiger partial charge is 0.309 e. The third-order valence-electron chi connectivity index (χ3n) is 9.62. The van der Waals surface area contributed by atoms with Crippen LogP contribution in [0.2, 0.25) is 0 Å². The Hall–Kier alpha value is -7.39. The first-order chi connectivity index (χ1) is 24.7. The van der Waals surface area contributed by atoms with Crippen LogP contribution in [0.3, 0.4) is 0 Å².